The molecule has 0 saturated carbocycles. The number of rotatable bonds is 2. The van der Waals surface area contributed by atoms with Crippen LogP contribution in [0.3, 0.4) is 0 Å². The molecule has 194 valence electrons. The van der Waals surface area contributed by atoms with Gasteiger partial charge >= 0.3 is 0 Å². The Bertz CT molecular complexity index is 1460. The lowest BCUT2D eigenvalue weighted by Gasteiger charge is -2.22. The Hall–Kier alpha value is -3.14. The molecule has 0 unspecified atom stereocenters. The molecule has 0 amide bonds. The number of hydrogen-bond donors (Lipinski definition) is 0. The van der Waals surface area contributed by atoms with Crippen LogP contribution in [0.2, 0.25) is 0 Å². The van der Waals surface area contributed by atoms with E-state index in [9.17, 15) is 0 Å². The highest BCUT2D eigenvalue weighted by Crippen LogP contribution is 2.33. The Kier molecular flexibility index (Phi) is 6.55. The number of fused-ring (bicyclic) bond motifs is 1. The van der Waals surface area contributed by atoms with E-state index in [4.69, 9.17) is 15.0 Å². The molecule has 0 bridgehead atoms. The minimum Gasteiger partial charge on any atom is -0.217 e. The van der Waals surface area contributed by atoms with Crippen LogP contribution in [0.25, 0.3) is 33.4 Å². The summed E-state index contributed by atoms with van der Waals surface area (Å²) in [6, 6.07) is 13.5. The fourth-order valence-corrected chi connectivity index (χ4v) is 4.49. The number of aryl methyl sites for hydroxylation is 2. The quantitative estimate of drug-likeness (QED) is 0.268. The zero-order valence-corrected chi connectivity index (χ0v) is 24.8. The van der Waals surface area contributed by atoms with Crippen LogP contribution in [0, 0.1) is 13.8 Å². The van der Waals surface area contributed by atoms with Crippen molar-refractivity contribution in [1.29, 1.82) is 0 Å². The molecule has 0 aliphatic rings. The van der Waals surface area contributed by atoms with Gasteiger partial charge in [0.05, 0.1) is 0 Å². The molecule has 0 spiro atoms. The Balaban J connectivity index is 1.87. The molecule has 37 heavy (non-hydrogen) atoms. The van der Waals surface area contributed by atoms with Crippen molar-refractivity contribution in [3.05, 3.63) is 70.9 Å². The molecule has 4 nitrogen and oxygen atoms in total. The highest BCUT2D eigenvalue weighted by Gasteiger charge is 2.26. The normalized spacial score (nSPS) is 12.9. The maximum atomic E-state index is 4.91. The highest BCUT2D eigenvalue weighted by atomic mass is 15.1. The van der Waals surface area contributed by atoms with Crippen molar-refractivity contribution in [3.63, 3.8) is 0 Å². The lowest BCUT2D eigenvalue weighted by atomic mass is 9.83. The summed E-state index contributed by atoms with van der Waals surface area (Å²) in [4.78, 5) is 14.7. The van der Waals surface area contributed by atoms with Gasteiger partial charge in [0.1, 0.15) is 18.7 Å². The van der Waals surface area contributed by atoms with Crippen molar-refractivity contribution in [1.82, 2.24) is 15.0 Å². The maximum absolute atomic E-state index is 4.91. The summed E-state index contributed by atoms with van der Waals surface area (Å²) in [5.41, 5.74) is 7.32. The SMILES string of the molecule is Cc1cc(C(C)(C)C)cc(-c2cc3ccc(-c4nc(C(C)(C)C)nc(C(C)(C)C)n4)cc3c[n+]2C)c1C. The first-order valence-corrected chi connectivity index (χ1v) is 13.3. The van der Waals surface area contributed by atoms with Crippen molar-refractivity contribution < 1.29 is 4.57 Å². The van der Waals surface area contributed by atoms with Crippen LogP contribution < -0.4 is 4.57 Å². The molecule has 2 aromatic heterocycles. The second-order valence-electron chi connectivity index (χ2n) is 13.6. The number of hydrogen-bond acceptors (Lipinski definition) is 3. The summed E-state index contributed by atoms with van der Waals surface area (Å²) in [5.74, 6) is 2.39. The van der Waals surface area contributed by atoms with Gasteiger partial charge in [-0.05, 0) is 53.5 Å². The first-order chi connectivity index (χ1) is 16.9. The molecule has 4 aromatic rings. The van der Waals surface area contributed by atoms with Crippen LogP contribution in [-0.2, 0) is 23.3 Å². The zero-order chi connectivity index (χ0) is 27.5. The van der Waals surface area contributed by atoms with Crippen LogP contribution in [0.15, 0.2) is 42.6 Å². The largest absolute Gasteiger partial charge is 0.217 e. The average Bonchev–Trinajstić information content (AvgIpc) is 2.78. The fourth-order valence-electron chi connectivity index (χ4n) is 4.49. The fraction of sp³-hybridized carbons (Fsp3) is 0.455. The molecule has 4 rings (SSSR count). The molecular weight excluding hydrogens is 452 g/mol. The van der Waals surface area contributed by atoms with Crippen LogP contribution >= 0.6 is 0 Å². The van der Waals surface area contributed by atoms with Gasteiger partial charge in [-0.3, -0.25) is 0 Å². The first kappa shape index (κ1) is 26.9. The van der Waals surface area contributed by atoms with Crippen molar-refractivity contribution in [2.45, 2.75) is 92.4 Å². The van der Waals surface area contributed by atoms with E-state index in [0.29, 0.717) is 0 Å². The molecular formula is C33H43N4+. The smallest absolute Gasteiger partial charge is 0.213 e. The lowest BCUT2D eigenvalue weighted by molar-refractivity contribution is -0.659. The van der Waals surface area contributed by atoms with E-state index >= 15 is 0 Å². The molecule has 0 fully saturated rings. The van der Waals surface area contributed by atoms with Gasteiger partial charge in [0.25, 0.3) is 0 Å². The predicted molar refractivity (Wildman–Crippen MR) is 155 cm³/mol. The highest BCUT2D eigenvalue weighted by molar-refractivity contribution is 5.87. The number of nitrogens with zero attached hydrogens (tertiary/aromatic N) is 4. The van der Waals surface area contributed by atoms with Gasteiger partial charge in [0.2, 0.25) is 5.69 Å². The maximum Gasteiger partial charge on any atom is 0.213 e. The molecule has 0 radical (unpaired) electrons. The molecule has 0 saturated heterocycles. The van der Waals surface area contributed by atoms with E-state index < -0.39 is 0 Å². The average molecular weight is 496 g/mol. The molecule has 0 aliphatic carbocycles. The second-order valence-corrected chi connectivity index (χ2v) is 13.6. The minimum absolute atomic E-state index is 0.0971. The molecule has 2 aromatic carbocycles. The number of benzene rings is 2. The van der Waals surface area contributed by atoms with Gasteiger partial charge in [-0.15, -0.1) is 0 Å². The van der Waals surface area contributed by atoms with E-state index in [2.05, 4.69) is 130 Å². The summed E-state index contributed by atoms with van der Waals surface area (Å²) < 4.78 is 2.24. The lowest BCUT2D eigenvalue weighted by Crippen LogP contribution is -2.31. The van der Waals surface area contributed by atoms with Crippen LogP contribution in [0.4, 0.5) is 0 Å². The van der Waals surface area contributed by atoms with E-state index in [1.807, 2.05) is 0 Å². The Morgan fingerprint density at radius 3 is 1.78 bits per heavy atom. The van der Waals surface area contributed by atoms with Gasteiger partial charge in [-0.25, -0.2) is 19.5 Å². The molecule has 0 N–H and O–H groups in total. The third-order valence-electron chi connectivity index (χ3n) is 7.14. The van der Waals surface area contributed by atoms with Gasteiger partial charge in [-0.2, -0.15) is 0 Å². The standard InChI is InChI=1S/C33H43N4/c1-20-15-25(31(3,4)5)18-26(21(20)2)27-17-22-13-14-23(16-24(22)19-37(27)12)28-34-29(32(6,7)8)36-30(35-28)33(9,10)11/h13-19H,1-12H3/q+1. The second kappa shape index (κ2) is 9.01. The predicted octanol–water partition coefficient (Wildman–Crippen LogP) is 7.69. The molecule has 4 heteroatoms. The first-order valence-electron chi connectivity index (χ1n) is 13.3. The summed E-state index contributed by atoms with van der Waals surface area (Å²) in [5, 5.41) is 2.37. The summed E-state index contributed by atoms with van der Waals surface area (Å²) >= 11 is 0. The van der Waals surface area contributed by atoms with Crippen molar-refractivity contribution in [2.75, 3.05) is 0 Å². The van der Waals surface area contributed by atoms with Crippen LogP contribution in [-0.4, -0.2) is 15.0 Å². The molecule has 0 aliphatic heterocycles. The molecule has 2 heterocycles. The van der Waals surface area contributed by atoms with Gasteiger partial charge in [0, 0.05) is 33.4 Å². The van der Waals surface area contributed by atoms with E-state index in [1.54, 1.807) is 0 Å². The van der Waals surface area contributed by atoms with Crippen LogP contribution in [0.1, 0.15) is 90.7 Å². The summed E-state index contributed by atoms with van der Waals surface area (Å²) in [7, 11) is 2.14. The van der Waals surface area contributed by atoms with E-state index in [1.165, 1.54) is 38.7 Å². The minimum atomic E-state index is -0.159. The Morgan fingerprint density at radius 2 is 1.24 bits per heavy atom. The van der Waals surface area contributed by atoms with E-state index in [-0.39, 0.29) is 16.2 Å². The van der Waals surface area contributed by atoms with Crippen molar-refractivity contribution in [2.24, 2.45) is 7.05 Å². The number of aromatic nitrogens is 4. The summed E-state index contributed by atoms with van der Waals surface area (Å²) in [6.45, 7) is 24.2. The topological polar surface area (TPSA) is 42.6 Å². The zero-order valence-electron chi connectivity index (χ0n) is 24.8. The van der Waals surface area contributed by atoms with Gasteiger partial charge < -0.3 is 0 Å². The number of pyridine rings is 1. The van der Waals surface area contributed by atoms with Crippen molar-refractivity contribution in [3.8, 4) is 22.6 Å². The summed E-state index contributed by atoms with van der Waals surface area (Å²) in [6.07, 6.45) is 2.23. The molecule has 0 atom stereocenters. The Labute approximate surface area is 223 Å². The van der Waals surface area contributed by atoms with Gasteiger partial charge in [0.15, 0.2) is 12.0 Å². The van der Waals surface area contributed by atoms with E-state index in [0.717, 1.165) is 23.0 Å². The van der Waals surface area contributed by atoms with Crippen LogP contribution in [0.5, 0.6) is 0 Å². The Morgan fingerprint density at radius 1 is 0.649 bits per heavy atom. The van der Waals surface area contributed by atoms with Crippen molar-refractivity contribution >= 4 is 10.8 Å². The third kappa shape index (κ3) is 5.44. The van der Waals surface area contributed by atoms with Gasteiger partial charge in [-0.1, -0.05) is 80.5 Å². The monoisotopic (exact) mass is 495 g/mol. The third-order valence-corrected chi connectivity index (χ3v) is 7.14.